The lowest BCUT2D eigenvalue weighted by atomic mass is 9.97. The SMILES string of the molecule is CC(C)(C)OC(=O)N1C2CCC(C2)C1C(=O)NC(C#N)Cc1ccc(-c2cccc(S(C)(=O)=O)c2)cc1F. The number of sulfone groups is 1. The van der Waals surface area contributed by atoms with E-state index >= 15 is 4.39 Å². The first kappa shape index (κ1) is 27.6. The number of hydrogen-bond acceptors (Lipinski definition) is 6. The van der Waals surface area contributed by atoms with Crippen LogP contribution in [0.2, 0.25) is 0 Å². The summed E-state index contributed by atoms with van der Waals surface area (Å²) in [4.78, 5) is 27.8. The average Bonchev–Trinajstić information content (AvgIpc) is 3.45. The van der Waals surface area contributed by atoms with E-state index in [4.69, 9.17) is 4.74 Å². The molecule has 202 valence electrons. The molecule has 1 heterocycles. The summed E-state index contributed by atoms with van der Waals surface area (Å²) >= 11 is 0. The number of fused-ring (bicyclic) bond motifs is 2. The van der Waals surface area contributed by atoms with Gasteiger partial charge in [-0.05, 0) is 80.8 Å². The summed E-state index contributed by atoms with van der Waals surface area (Å²) in [5.41, 5.74) is 0.563. The standard InChI is InChI=1S/C28H32FN3O5S/c1-28(2,3)37-27(34)32-22-11-10-20(13-22)25(32)26(33)31-21(16-30)12-19-9-8-18(15-24(19)29)17-6-5-7-23(14-17)38(4,35)36/h5-9,14-15,20-22,25H,10-13H2,1-4H3,(H,31,33). The van der Waals surface area contributed by atoms with E-state index in [0.717, 1.165) is 19.1 Å². The number of ether oxygens (including phenoxy) is 1. The number of nitrogens with zero attached hydrogens (tertiary/aromatic N) is 2. The highest BCUT2D eigenvalue weighted by atomic mass is 32.2. The highest BCUT2D eigenvalue weighted by molar-refractivity contribution is 7.90. The molecule has 4 rings (SSSR count). The Hall–Kier alpha value is -3.45. The molecule has 2 bridgehead atoms. The van der Waals surface area contributed by atoms with E-state index in [0.29, 0.717) is 17.5 Å². The minimum absolute atomic E-state index is 0.00872. The summed E-state index contributed by atoms with van der Waals surface area (Å²) in [6.45, 7) is 5.30. The normalized spacial score (nSPS) is 21.6. The summed E-state index contributed by atoms with van der Waals surface area (Å²) < 4.78 is 44.3. The maximum Gasteiger partial charge on any atom is 0.411 e. The molecule has 2 aliphatic rings. The van der Waals surface area contributed by atoms with Crippen LogP contribution in [0.5, 0.6) is 0 Å². The minimum atomic E-state index is -3.41. The second-order valence-electron chi connectivity index (χ2n) is 11.1. The highest BCUT2D eigenvalue weighted by Gasteiger charge is 2.52. The Morgan fingerprint density at radius 3 is 2.53 bits per heavy atom. The van der Waals surface area contributed by atoms with Crippen molar-refractivity contribution in [1.29, 1.82) is 5.26 Å². The predicted molar refractivity (Wildman–Crippen MR) is 139 cm³/mol. The number of amides is 2. The molecule has 0 spiro atoms. The third kappa shape index (κ3) is 5.99. The first-order valence-electron chi connectivity index (χ1n) is 12.6. The van der Waals surface area contributed by atoms with Gasteiger partial charge in [-0.3, -0.25) is 9.69 Å². The molecule has 4 unspecified atom stereocenters. The van der Waals surface area contributed by atoms with Gasteiger partial charge >= 0.3 is 6.09 Å². The lowest BCUT2D eigenvalue weighted by Crippen LogP contribution is -2.55. The van der Waals surface area contributed by atoms with Crippen LogP contribution >= 0.6 is 0 Å². The summed E-state index contributed by atoms with van der Waals surface area (Å²) in [6.07, 6.45) is 2.83. The molecule has 38 heavy (non-hydrogen) atoms. The van der Waals surface area contributed by atoms with Crippen LogP contribution in [0.3, 0.4) is 0 Å². The Kier molecular flexibility index (Phi) is 7.53. The molecule has 2 fully saturated rings. The van der Waals surface area contributed by atoms with Gasteiger partial charge in [-0.15, -0.1) is 0 Å². The van der Waals surface area contributed by atoms with Crippen molar-refractivity contribution in [2.45, 2.75) is 75.1 Å². The van der Waals surface area contributed by atoms with Crippen molar-refractivity contribution in [3.63, 3.8) is 0 Å². The second-order valence-corrected chi connectivity index (χ2v) is 13.1. The second kappa shape index (κ2) is 10.4. The molecule has 1 aliphatic heterocycles. The van der Waals surface area contributed by atoms with E-state index in [9.17, 15) is 23.3 Å². The lowest BCUT2D eigenvalue weighted by Gasteiger charge is -2.35. The molecule has 0 aromatic heterocycles. The Morgan fingerprint density at radius 2 is 1.89 bits per heavy atom. The quantitative estimate of drug-likeness (QED) is 0.585. The maximum atomic E-state index is 15.0. The number of piperidine rings is 1. The number of halogens is 1. The smallest absolute Gasteiger partial charge is 0.411 e. The van der Waals surface area contributed by atoms with Crippen LogP contribution in [-0.2, 0) is 25.8 Å². The highest BCUT2D eigenvalue weighted by Crippen LogP contribution is 2.43. The van der Waals surface area contributed by atoms with Crippen LogP contribution < -0.4 is 5.32 Å². The van der Waals surface area contributed by atoms with Gasteiger partial charge in [0.2, 0.25) is 5.91 Å². The summed E-state index contributed by atoms with van der Waals surface area (Å²) in [6, 6.07) is 10.9. The zero-order valence-electron chi connectivity index (χ0n) is 21.9. The molecular weight excluding hydrogens is 509 g/mol. The summed E-state index contributed by atoms with van der Waals surface area (Å²) in [5.74, 6) is -1.02. The Labute approximate surface area is 222 Å². The fourth-order valence-corrected chi connectivity index (χ4v) is 5.97. The summed E-state index contributed by atoms with van der Waals surface area (Å²) in [7, 11) is -3.41. The number of rotatable bonds is 6. The van der Waals surface area contributed by atoms with Crippen molar-refractivity contribution >= 4 is 21.8 Å². The van der Waals surface area contributed by atoms with Crippen LogP contribution in [0, 0.1) is 23.1 Å². The fraction of sp³-hybridized carbons (Fsp3) is 0.464. The third-order valence-corrected chi connectivity index (χ3v) is 8.11. The van der Waals surface area contributed by atoms with Gasteiger partial charge in [-0.25, -0.2) is 17.6 Å². The van der Waals surface area contributed by atoms with Gasteiger partial charge in [0.1, 0.15) is 23.5 Å². The van der Waals surface area contributed by atoms with Crippen molar-refractivity contribution in [3.05, 3.63) is 53.8 Å². The molecule has 2 aromatic rings. The van der Waals surface area contributed by atoms with Crippen molar-refractivity contribution in [2.75, 3.05) is 6.26 Å². The molecule has 2 aromatic carbocycles. The number of carbonyl (C=O) groups excluding carboxylic acids is 2. The van der Waals surface area contributed by atoms with Crippen LogP contribution in [0.15, 0.2) is 47.4 Å². The predicted octanol–water partition coefficient (Wildman–Crippen LogP) is 4.24. The molecular formula is C28H32FN3O5S. The number of nitriles is 1. The Balaban J connectivity index is 1.47. The number of nitrogens with one attached hydrogen (secondary N) is 1. The topological polar surface area (TPSA) is 117 Å². The minimum Gasteiger partial charge on any atom is -0.444 e. The zero-order chi connectivity index (χ0) is 27.8. The number of carbonyl (C=O) groups is 2. The number of hydrogen-bond donors (Lipinski definition) is 1. The molecule has 1 saturated carbocycles. The van der Waals surface area contributed by atoms with E-state index in [1.165, 1.54) is 29.2 Å². The van der Waals surface area contributed by atoms with Gasteiger partial charge < -0.3 is 10.1 Å². The molecule has 0 radical (unpaired) electrons. The number of benzene rings is 2. The summed E-state index contributed by atoms with van der Waals surface area (Å²) in [5, 5.41) is 12.4. The van der Waals surface area contributed by atoms with Gasteiger partial charge in [0.05, 0.1) is 11.0 Å². The van der Waals surface area contributed by atoms with E-state index in [-0.39, 0.29) is 28.8 Å². The fourth-order valence-electron chi connectivity index (χ4n) is 5.31. The van der Waals surface area contributed by atoms with Crippen molar-refractivity contribution < 1.29 is 27.1 Å². The van der Waals surface area contributed by atoms with Gasteiger partial charge in [0.25, 0.3) is 0 Å². The van der Waals surface area contributed by atoms with Crippen LogP contribution in [0.25, 0.3) is 11.1 Å². The third-order valence-electron chi connectivity index (χ3n) is 7.00. The number of likely N-dealkylation sites (tertiary alicyclic amines) is 1. The van der Waals surface area contributed by atoms with Gasteiger partial charge in [0.15, 0.2) is 9.84 Å². The van der Waals surface area contributed by atoms with Gasteiger partial charge in [-0.1, -0.05) is 24.3 Å². The molecule has 8 nitrogen and oxygen atoms in total. The molecule has 1 aliphatic carbocycles. The average molecular weight is 542 g/mol. The van der Waals surface area contributed by atoms with Crippen LogP contribution in [0.4, 0.5) is 9.18 Å². The Bertz CT molecular complexity index is 1400. The Morgan fingerprint density at radius 1 is 1.18 bits per heavy atom. The maximum absolute atomic E-state index is 15.0. The van der Waals surface area contributed by atoms with Gasteiger partial charge in [-0.2, -0.15) is 5.26 Å². The molecule has 1 N–H and O–H groups in total. The van der Waals surface area contributed by atoms with E-state index in [1.807, 2.05) is 6.07 Å². The zero-order valence-corrected chi connectivity index (χ0v) is 22.7. The van der Waals surface area contributed by atoms with E-state index < -0.39 is 45.3 Å². The van der Waals surface area contributed by atoms with E-state index in [1.54, 1.807) is 39.0 Å². The largest absolute Gasteiger partial charge is 0.444 e. The first-order valence-corrected chi connectivity index (χ1v) is 14.5. The van der Waals surface area contributed by atoms with E-state index in [2.05, 4.69) is 5.32 Å². The molecule has 1 saturated heterocycles. The van der Waals surface area contributed by atoms with Crippen molar-refractivity contribution in [3.8, 4) is 17.2 Å². The van der Waals surface area contributed by atoms with Crippen molar-refractivity contribution in [1.82, 2.24) is 10.2 Å². The van der Waals surface area contributed by atoms with Crippen LogP contribution in [0.1, 0.15) is 45.6 Å². The molecule has 4 atom stereocenters. The lowest BCUT2D eigenvalue weighted by molar-refractivity contribution is -0.128. The van der Waals surface area contributed by atoms with Crippen molar-refractivity contribution in [2.24, 2.45) is 5.92 Å². The molecule has 2 amide bonds. The monoisotopic (exact) mass is 541 g/mol. The first-order chi connectivity index (χ1) is 17.8. The van der Waals surface area contributed by atoms with Gasteiger partial charge in [0, 0.05) is 18.7 Å². The molecule has 10 heteroatoms. The van der Waals surface area contributed by atoms with Crippen LogP contribution in [-0.4, -0.2) is 55.3 Å².